The molecular formula is C19H21Cl2NO2. The maximum absolute atomic E-state index is 9.61. The summed E-state index contributed by atoms with van der Waals surface area (Å²) < 4.78 is 5.58. The first-order valence-corrected chi connectivity index (χ1v) is 8.85. The first-order valence-electron chi connectivity index (χ1n) is 8.09. The maximum Gasteiger partial charge on any atom is 0.127 e. The Labute approximate surface area is 152 Å². The lowest BCUT2D eigenvalue weighted by Crippen LogP contribution is -2.35. The number of halogens is 2. The van der Waals surface area contributed by atoms with E-state index in [2.05, 4.69) is 23.1 Å². The molecule has 1 saturated heterocycles. The Balaban J connectivity index is 1.81. The van der Waals surface area contributed by atoms with Crippen LogP contribution in [-0.4, -0.2) is 36.3 Å². The molecule has 0 aromatic heterocycles. The van der Waals surface area contributed by atoms with E-state index in [4.69, 9.17) is 27.9 Å². The number of hydrogen-bond acceptors (Lipinski definition) is 3. The molecule has 0 aliphatic carbocycles. The average molecular weight is 366 g/mol. The predicted octanol–water partition coefficient (Wildman–Crippen LogP) is 4.63. The number of nitrogens with zero attached hydrogens (tertiary/aromatic N) is 1. The highest BCUT2D eigenvalue weighted by Crippen LogP contribution is 2.34. The fraction of sp³-hybridized carbons (Fsp3) is 0.368. The van der Waals surface area contributed by atoms with Crippen LogP contribution in [0.15, 0.2) is 36.4 Å². The van der Waals surface area contributed by atoms with Gasteiger partial charge in [-0.25, -0.2) is 0 Å². The van der Waals surface area contributed by atoms with Crippen LogP contribution in [0.4, 0.5) is 0 Å². The van der Waals surface area contributed by atoms with Crippen molar-refractivity contribution in [1.29, 1.82) is 0 Å². The Morgan fingerprint density at radius 2 is 1.83 bits per heavy atom. The molecule has 1 fully saturated rings. The number of ether oxygens (including phenoxy) is 1. The number of likely N-dealkylation sites (tertiary alicyclic amines) is 1. The maximum atomic E-state index is 9.61. The second kappa shape index (κ2) is 7.75. The van der Waals surface area contributed by atoms with Gasteiger partial charge in [-0.15, -0.1) is 0 Å². The quantitative estimate of drug-likeness (QED) is 0.857. The number of rotatable bonds is 4. The van der Waals surface area contributed by atoms with Gasteiger partial charge in [0.2, 0.25) is 0 Å². The lowest BCUT2D eigenvalue weighted by molar-refractivity contribution is 0.0792. The highest BCUT2D eigenvalue weighted by atomic mass is 35.5. The standard InChI is InChI=1S/C19H21Cl2NO2/c1-24-19-10-13(12-22-8-6-15(23)7-9-22)2-4-16(19)14-3-5-17(20)18(21)11-14/h2-5,10-11,15,23H,6-9,12H2,1H3. The van der Waals surface area contributed by atoms with Gasteiger partial charge < -0.3 is 9.84 Å². The molecule has 24 heavy (non-hydrogen) atoms. The van der Waals surface area contributed by atoms with E-state index in [1.807, 2.05) is 12.1 Å². The summed E-state index contributed by atoms with van der Waals surface area (Å²) in [5, 5.41) is 10.7. The minimum atomic E-state index is -0.146. The van der Waals surface area contributed by atoms with Crippen molar-refractivity contribution in [3.8, 4) is 16.9 Å². The molecule has 0 amide bonds. The van der Waals surface area contributed by atoms with Crippen molar-refractivity contribution in [3.05, 3.63) is 52.0 Å². The van der Waals surface area contributed by atoms with Crippen LogP contribution in [0, 0.1) is 0 Å². The van der Waals surface area contributed by atoms with E-state index in [0.717, 1.165) is 49.4 Å². The van der Waals surface area contributed by atoms with Crippen LogP contribution in [0.3, 0.4) is 0 Å². The summed E-state index contributed by atoms with van der Waals surface area (Å²) in [6, 6.07) is 11.8. The van der Waals surface area contributed by atoms with Gasteiger partial charge in [0.05, 0.1) is 23.3 Å². The van der Waals surface area contributed by atoms with E-state index >= 15 is 0 Å². The lowest BCUT2D eigenvalue weighted by atomic mass is 10.0. The van der Waals surface area contributed by atoms with Gasteiger partial charge in [-0.05, 0) is 42.2 Å². The largest absolute Gasteiger partial charge is 0.496 e. The molecule has 1 aliphatic rings. The number of benzene rings is 2. The Bertz CT molecular complexity index is 713. The molecule has 3 nitrogen and oxygen atoms in total. The highest BCUT2D eigenvalue weighted by molar-refractivity contribution is 6.42. The van der Waals surface area contributed by atoms with Crippen LogP contribution in [-0.2, 0) is 6.54 Å². The van der Waals surface area contributed by atoms with E-state index in [1.54, 1.807) is 13.2 Å². The predicted molar refractivity (Wildman–Crippen MR) is 99.0 cm³/mol. The molecular weight excluding hydrogens is 345 g/mol. The van der Waals surface area contributed by atoms with Crippen LogP contribution < -0.4 is 4.74 Å². The first kappa shape index (κ1) is 17.6. The van der Waals surface area contributed by atoms with Crippen LogP contribution in [0.1, 0.15) is 18.4 Å². The zero-order chi connectivity index (χ0) is 17.1. The topological polar surface area (TPSA) is 32.7 Å². The molecule has 5 heteroatoms. The van der Waals surface area contributed by atoms with Crippen LogP contribution in [0.2, 0.25) is 10.0 Å². The van der Waals surface area contributed by atoms with E-state index in [1.165, 1.54) is 5.56 Å². The molecule has 3 rings (SSSR count). The van der Waals surface area contributed by atoms with Gasteiger partial charge in [-0.3, -0.25) is 4.90 Å². The van der Waals surface area contributed by atoms with Crippen molar-refractivity contribution in [2.45, 2.75) is 25.5 Å². The fourth-order valence-corrected chi connectivity index (χ4v) is 3.37. The smallest absolute Gasteiger partial charge is 0.127 e. The van der Waals surface area contributed by atoms with Crippen molar-refractivity contribution < 1.29 is 9.84 Å². The van der Waals surface area contributed by atoms with Crippen molar-refractivity contribution >= 4 is 23.2 Å². The molecule has 0 atom stereocenters. The van der Waals surface area contributed by atoms with Gasteiger partial charge in [0.15, 0.2) is 0 Å². The number of piperidine rings is 1. The monoisotopic (exact) mass is 365 g/mol. The minimum Gasteiger partial charge on any atom is -0.496 e. The third-order valence-corrected chi connectivity index (χ3v) is 5.20. The molecule has 0 saturated carbocycles. The van der Waals surface area contributed by atoms with Crippen LogP contribution in [0.5, 0.6) is 5.75 Å². The summed E-state index contributed by atoms with van der Waals surface area (Å²) >= 11 is 12.1. The molecule has 2 aromatic carbocycles. The molecule has 0 bridgehead atoms. The molecule has 2 aromatic rings. The molecule has 1 aliphatic heterocycles. The SMILES string of the molecule is COc1cc(CN2CCC(O)CC2)ccc1-c1ccc(Cl)c(Cl)c1. The number of aliphatic hydroxyl groups is 1. The fourth-order valence-electron chi connectivity index (χ4n) is 3.07. The van der Waals surface area contributed by atoms with Gasteiger partial charge >= 0.3 is 0 Å². The second-order valence-electron chi connectivity index (χ2n) is 6.17. The second-order valence-corrected chi connectivity index (χ2v) is 6.99. The normalized spacial score (nSPS) is 16.3. The summed E-state index contributed by atoms with van der Waals surface area (Å²) in [6.07, 6.45) is 1.55. The third-order valence-electron chi connectivity index (χ3n) is 4.46. The Morgan fingerprint density at radius 3 is 2.50 bits per heavy atom. The van der Waals surface area contributed by atoms with E-state index in [0.29, 0.717) is 10.0 Å². The highest BCUT2D eigenvalue weighted by Gasteiger charge is 2.17. The van der Waals surface area contributed by atoms with Crippen molar-refractivity contribution in [1.82, 2.24) is 4.90 Å². The first-order chi connectivity index (χ1) is 11.6. The molecule has 0 spiro atoms. The molecule has 0 radical (unpaired) electrons. The van der Waals surface area contributed by atoms with Gasteiger partial charge in [-0.2, -0.15) is 0 Å². The minimum absolute atomic E-state index is 0.146. The van der Waals surface area contributed by atoms with Gasteiger partial charge in [0.25, 0.3) is 0 Å². The number of aliphatic hydroxyl groups excluding tert-OH is 1. The van der Waals surface area contributed by atoms with Gasteiger partial charge in [0, 0.05) is 25.2 Å². The van der Waals surface area contributed by atoms with Crippen LogP contribution >= 0.6 is 23.2 Å². The van der Waals surface area contributed by atoms with Crippen LogP contribution in [0.25, 0.3) is 11.1 Å². The van der Waals surface area contributed by atoms with Crippen molar-refractivity contribution in [3.63, 3.8) is 0 Å². The average Bonchev–Trinajstić information content (AvgIpc) is 2.59. The van der Waals surface area contributed by atoms with E-state index in [9.17, 15) is 5.11 Å². The molecule has 0 unspecified atom stereocenters. The summed E-state index contributed by atoms with van der Waals surface area (Å²) in [5.41, 5.74) is 3.18. The number of methoxy groups -OCH3 is 1. The lowest BCUT2D eigenvalue weighted by Gasteiger charge is -2.29. The summed E-state index contributed by atoms with van der Waals surface area (Å²) in [4.78, 5) is 2.36. The Hall–Kier alpha value is -1.26. The number of hydrogen-bond donors (Lipinski definition) is 1. The molecule has 1 N–H and O–H groups in total. The Kier molecular flexibility index (Phi) is 5.67. The van der Waals surface area contributed by atoms with Crippen molar-refractivity contribution in [2.75, 3.05) is 20.2 Å². The Morgan fingerprint density at radius 1 is 1.08 bits per heavy atom. The molecule has 128 valence electrons. The van der Waals surface area contributed by atoms with E-state index < -0.39 is 0 Å². The summed E-state index contributed by atoms with van der Waals surface area (Å²) in [7, 11) is 1.68. The molecule has 1 heterocycles. The van der Waals surface area contributed by atoms with Gasteiger partial charge in [-0.1, -0.05) is 41.4 Å². The summed E-state index contributed by atoms with van der Waals surface area (Å²) in [6.45, 7) is 2.72. The summed E-state index contributed by atoms with van der Waals surface area (Å²) in [5.74, 6) is 0.822. The zero-order valence-electron chi connectivity index (χ0n) is 13.6. The van der Waals surface area contributed by atoms with Crippen molar-refractivity contribution in [2.24, 2.45) is 0 Å². The van der Waals surface area contributed by atoms with E-state index in [-0.39, 0.29) is 6.10 Å². The van der Waals surface area contributed by atoms with Gasteiger partial charge in [0.1, 0.15) is 5.75 Å². The zero-order valence-corrected chi connectivity index (χ0v) is 15.1. The third kappa shape index (κ3) is 4.04.